The molecule has 8 heteroatoms. The number of oxime groups is 1. The number of hydrogen-bond donors (Lipinski definition) is 3. The summed E-state index contributed by atoms with van der Waals surface area (Å²) < 4.78 is 12.0. The van der Waals surface area contributed by atoms with Gasteiger partial charge in [-0.25, -0.2) is 0 Å². The predicted molar refractivity (Wildman–Crippen MR) is 167 cm³/mol. The van der Waals surface area contributed by atoms with Gasteiger partial charge in [-0.1, -0.05) is 78.0 Å². The fraction of sp³-hybridized carbons (Fsp3) is 0.194. The van der Waals surface area contributed by atoms with Gasteiger partial charge in [0.1, 0.15) is 35.3 Å². The van der Waals surface area contributed by atoms with Gasteiger partial charge in [0.25, 0.3) is 0 Å². The topological polar surface area (TPSA) is 105 Å². The van der Waals surface area contributed by atoms with E-state index >= 15 is 0 Å². The molecule has 1 atom stereocenters. The van der Waals surface area contributed by atoms with Crippen molar-refractivity contribution in [2.45, 2.75) is 38.2 Å². The van der Waals surface area contributed by atoms with Crippen LogP contribution in [0.4, 0.5) is 0 Å². The first-order valence-corrected chi connectivity index (χ1v) is 14.9. The summed E-state index contributed by atoms with van der Waals surface area (Å²) in [6.07, 6.45) is 1.72. The number of para-hydroxylation sites is 4. The highest BCUT2D eigenvalue weighted by molar-refractivity contribution is 6.29. The van der Waals surface area contributed by atoms with Crippen LogP contribution < -0.4 is 4.74 Å². The summed E-state index contributed by atoms with van der Waals surface area (Å²) in [7, 11) is 0. The van der Waals surface area contributed by atoms with E-state index in [1.165, 1.54) is 0 Å². The highest BCUT2D eigenvalue weighted by Crippen LogP contribution is 2.37. The van der Waals surface area contributed by atoms with Gasteiger partial charge >= 0.3 is 0 Å². The summed E-state index contributed by atoms with van der Waals surface area (Å²) in [6.45, 7) is 0.234. The molecule has 7 rings (SSSR count). The molecule has 0 amide bonds. The Morgan fingerprint density at radius 1 is 0.636 bits per heavy atom. The Kier molecular flexibility index (Phi) is 7.40. The van der Waals surface area contributed by atoms with Crippen LogP contribution in [0.3, 0.4) is 0 Å². The van der Waals surface area contributed by atoms with Crippen molar-refractivity contribution in [1.82, 2.24) is 0 Å². The Hall–Kier alpha value is -4.88. The van der Waals surface area contributed by atoms with Crippen LogP contribution in [0, 0.1) is 0 Å². The molecule has 1 unspecified atom stereocenters. The number of halogens is 1. The van der Waals surface area contributed by atoms with E-state index in [2.05, 4.69) is 5.16 Å². The van der Waals surface area contributed by atoms with E-state index in [0.29, 0.717) is 71.6 Å². The second kappa shape index (κ2) is 11.7. The zero-order valence-electron chi connectivity index (χ0n) is 23.8. The second-order valence-corrected chi connectivity index (χ2v) is 11.6. The largest absolute Gasteiger partial charge is 0.507 e. The van der Waals surface area contributed by atoms with Gasteiger partial charge in [0.15, 0.2) is 17.1 Å². The molecule has 0 saturated heterocycles. The molecule has 1 aliphatic heterocycles. The van der Waals surface area contributed by atoms with E-state index in [9.17, 15) is 15.3 Å². The number of furan rings is 1. The molecular formula is C36H30ClNO6. The van der Waals surface area contributed by atoms with Gasteiger partial charge in [0.05, 0.1) is 0 Å². The first kappa shape index (κ1) is 27.9. The molecule has 2 aliphatic rings. The lowest BCUT2D eigenvalue weighted by Crippen LogP contribution is -2.19. The molecule has 1 aliphatic carbocycles. The van der Waals surface area contributed by atoms with Crippen LogP contribution in [-0.4, -0.2) is 33.7 Å². The van der Waals surface area contributed by atoms with Crippen LogP contribution in [0.15, 0.2) is 94.5 Å². The molecule has 5 aromatic rings. The Bertz CT molecular complexity index is 1800. The molecular weight excluding hydrogens is 578 g/mol. The molecule has 8 bridgehead atoms. The standard InChI is InChI=1S/C36H30ClNO6/c37-32-14-13-31(43-32)30-19-29(44-38-30)20-42-36-27-11-4-12-28(36)18-26-10-3-8-24(35(26)41)16-22-6-1-5-21(33(22)39)15-23-7-2-9-25(17-27)34(23)40/h1-14,29,39-41H,15-20H2. The summed E-state index contributed by atoms with van der Waals surface area (Å²) in [5.74, 6) is 1.80. The molecule has 222 valence electrons. The SMILES string of the molecule is Oc1c2cccc1Cc1cccc(c1O)Cc1cccc(c1OCC1CC(c3ccc(Cl)o3)=NO1)Cc1cccc(c1O)C2. The molecule has 2 heterocycles. The van der Waals surface area contributed by atoms with Crippen LogP contribution in [0.5, 0.6) is 23.0 Å². The van der Waals surface area contributed by atoms with Crippen molar-refractivity contribution in [1.29, 1.82) is 0 Å². The number of benzene rings is 4. The van der Waals surface area contributed by atoms with Crippen molar-refractivity contribution in [3.63, 3.8) is 0 Å². The number of ether oxygens (including phenoxy) is 1. The minimum atomic E-state index is -0.331. The summed E-state index contributed by atoms with van der Waals surface area (Å²) in [5, 5.41) is 38.4. The molecule has 0 radical (unpaired) electrons. The number of aromatic hydroxyl groups is 3. The van der Waals surface area contributed by atoms with Gasteiger partial charge in [0.2, 0.25) is 0 Å². The van der Waals surface area contributed by atoms with Gasteiger partial charge in [-0.3, -0.25) is 0 Å². The quantitative estimate of drug-likeness (QED) is 0.194. The van der Waals surface area contributed by atoms with Crippen molar-refractivity contribution in [2.24, 2.45) is 5.16 Å². The smallest absolute Gasteiger partial charge is 0.194 e. The summed E-state index contributed by atoms with van der Waals surface area (Å²) in [6, 6.07) is 26.4. The van der Waals surface area contributed by atoms with E-state index in [1.54, 1.807) is 12.1 Å². The van der Waals surface area contributed by atoms with Crippen LogP contribution in [0.1, 0.15) is 56.7 Å². The minimum absolute atomic E-state index is 0.173. The van der Waals surface area contributed by atoms with E-state index < -0.39 is 0 Å². The fourth-order valence-corrected chi connectivity index (χ4v) is 6.17. The Labute approximate surface area is 259 Å². The van der Waals surface area contributed by atoms with E-state index in [0.717, 1.165) is 22.3 Å². The summed E-state index contributed by atoms with van der Waals surface area (Å²) >= 11 is 5.95. The normalized spacial score (nSPS) is 15.8. The zero-order valence-corrected chi connectivity index (χ0v) is 24.6. The number of phenolic OH excluding ortho intramolecular Hbond substituents is 3. The van der Waals surface area contributed by atoms with Crippen molar-refractivity contribution in [3.05, 3.63) is 140 Å². The zero-order chi connectivity index (χ0) is 30.2. The molecule has 3 N–H and O–H groups in total. The predicted octanol–water partition coefficient (Wildman–Crippen LogP) is 7.30. The maximum Gasteiger partial charge on any atom is 0.194 e. The molecule has 1 aromatic heterocycles. The third-order valence-electron chi connectivity index (χ3n) is 8.32. The molecule has 4 aromatic carbocycles. The third kappa shape index (κ3) is 5.47. The lowest BCUT2D eigenvalue weighted by atomic mass is 9.91. The third-order valence-corrected chi connectivity index (χ3v) is 8.52. The summed E-state index contributed by atoms with van der Waals surface area (Å²) in [4.78, 5) is 5.67. The molecule has 0 saturated carbocycles. The van der Waals surface area contributed by atoms with E-state index in [1.807, 2.05) is 72.8 Å². The lowest BCUT2D eigenvalue weighted by molar-refractivity contribution is 0.0466. The first-order valence-electron chi connectivity index (χ1n) is 14.5. The molecule has 0 spiro atoms. The number of nitrogens with zero attached hydrogens (tertiary/aromatic N) is 1. The van der Waals surface area contributed by atoms with Crippen LogP contribution in [0.2, 0.25) is 5.22 Å². The highest BCUT2D eigenvalue weighted by Gasteiger charge is 2.26. The van der Waals surface area contributed by atoms with Gasteiger partial charge in [0, 0.05) is 32.1 Å². The maximum atomic E-state index is 11.4. The number of hydrogen-bond acceptors (Lipinski definition) is 7. The van der Waals surface area contributed by atoms with Crippen molar-refractivity contribution in [2.75, 3.05) is 6.61 Å². The van der Waals surface area contributed by atoms with E-state index in [-0.39, 0.29) is 35.2 Å². The fourth-order valence-electron chi connectivity index (χ4n) is 6.02. The van der Waals surface area contributed by atoms with Gasteiger partial charge in [-0.15, -0.1) is 0 Å². The van der Waals surface area contributed by atoms with Crippen molar-refractivity contribution in [3.8, 4) is 23.0 Å². The average Bonchev–Trinajstić information content (AvgIpc) is 3.67. The van der Waals surface area contributed by atoms with Gasteiger partial charge < -0.3 is 29.3 Å². The number of fused-ring (bicyclic) bond motifs is 8. The van der Waals surface area contributed by atoms with Crippen LogP contribution in [0.25, 0.3) is 0 Å². The number of rotatable bonds is 4. The first-order chi connectivity index (χ1) is 21.4. The molecule has 7 nitrogen and oxygen atoms in total. The van der Waals surface area contributed by atoms with E-state index in [4.69, 9.17) is 25.6 Å². The number of phenols is 3. The second-order valence-electron chi connectivity index (χ2n) is 11.3. The highest BCUT2D eigenvalue weighted by atomic mass is 35.5. The van der Waals surface area contributed by atoms with Crippen molar-refractivity contribution < 1.29 is 29.3 Å². The molecule has 0 fully saturated rings. The Morgan fingerprint density at radius 3 is 1.50 bits per heavy atom. The Balaban J connectivity index is 1.26. The van der Waals surface area contributed by atoms with Gasteiger partial charge in [-0.2, -0.15) is 0 Å². The maximum absolute atomic E-state index is 11.4. The monoisotopic (exact) mass is 607 g/mol. The van der Waals surface area contributed by atoms with Gasteiger partial charge in [-0.05, 0) is 68.2 Å². The average molecular weight is 608 g/mol. The van der Waals surface area contributed by atoms with Crippen LogP contribution in [-0.2, 0) is 30.5 Å². The minimum Gasteiger partial charge on any atom is -0.507 e. The lowest BCUT2D eigenvalue weighted by Gasteiger charge is -2.20. The summed E-state index contributed by atoms with van der Waals surface area (Å²) in [5.41, 5.74) is 6.78. The van der Waals surface area contributed by atoms with Crippen LogP contribution >= 0.6 is 11.6 Å². The Morgan fingerprint density at radius 2 is 1.07 bits per heavy atom. The van der Waals surface area contributed by atoms with Crippen molar-refractivity contribution >= 4 is 17.3 Å². The molecule has 44 heavy (non-hydrogen) atoms.